The van der Waals surface area contributed by atoms with Crippen LogP contribution in [-0.2, 0) is 9.47 Å². The summed E-state index contributed by atoms with van der Waals surface area (Å²) in [6, 6.07) is 4.22. The summed E-state index contributed by atoms with van der Waals surface area (Å²) in [6.45, 7) is 1.90. The van der Waals surface area contributed by atoms with Crippen LogP contribution in [0.2, 0.25) is 5.02 Å². The van der Waals surface area contributed by atoms with E-state index in [1.807, 2.05) is 0 Å². The number of nitro benzene ring substituents is 1. The number of nitrogens with zero attached hydrogens (tertiary/aromatic N) is 1. The normalized spacial score (nSPS) is 10.4. The van der Waals surface area contributed by atoms with Gasteiger partial charge in [0.05, 0.1) is 24.7 Å². The molecule has 0 bridgehead atoms. The fraction of sp³-hybridized carbons (Fsp3) is 0.500. The zero-order valence-electron chi connectivity index (χ0n) is 10.6. The van der Waals surface area contributed by atoms with E-state index in [2.05, 4.69) is 0 Å². The van der Waals surface area contributed by atoms with Gasteiger partial charge in [0, 0.05) is 37.3 Å². The van der Waals surface area contributed by atoms with Gasteiger partial charge < -0.3 is 14.2 Å². The summed E-state index contributed by atoms with van der Waals surface area (Å²) in [7, 11) is 1.60. The van der Waals surface area contributed by atoms with E-state index < -0.39 is 4.92 Å². The van der Waals surface area contributed by atoms with Crippen molar-refractivity contribution in [3.8, 4) is 5.75 Å². The van der Waals surface area contributed by atoms with Gasteiger partial charge in [0.2, 0.25) is 0 Å². The molecule has 0 aliphatic heterocycles. The van der Waals surface area contributed by atoms with E-state index in [9.17, 15) is 10.1 Å². The van der Waals surface area contributed by atoms with E-state index in [1.54, 1.807) is 7.11 Å². The van der Waals surface area contributed by atoms with Gasteiger partial charge in [-0.15, -0.1) is 0 Å². The summed E-state index contributed by atoms with van der Waals surface area (Å²) in [4.78, 5) is 10.3. The molecule has 0 saturated heterocycles. The highest BCUT2D eigenvalue weighted by Crippen LogP contribution is 2.29. The average Bonchev–Trinajstić information content (AvgIpc) is 2.37. The first-order chi connectivity index (χ1) is 9.15. The molecule has 0 aliphatic carbocycles. The third-order valence-corrected chi connectivity index (χ3v) is 2.48. The third kappa shape index (κ3) is 5.87. The molecule has 1 rings (SSSR count). The summed E-state index contributed by atoms with van der Waals surface area (Å²) in [5.41, 5.74) is -0.0929. The molecule has 0 atom stereocenters. The van der Waals surface area contributed by atoms with Crippen molar-refractivity contribution in [2.75, 3.05) is 33.5 Å². The number of rotatable bonds is 9. The van der Waals surface area contributed by atoms with Crippen LogP contribution in [0, 0.1) is 10.1 Å². The van der Waals surface area contributed by atoms with Crippen LogP contribution in [-0.4, -0.2) is 38.5 Å². The minimum absolute atomic E-state index is 0.0929. The van der Waals surface area contributed by atoms with E-state index in [0.29, 0.717) is 37.9 Å². The Bertz CT molecular complexity index is 413. The maximum Gasteiger partial charge on any atom is 0.311 e. The first-order valence-corrected chi connectivity index (χ1v) is 6.16. The number of benzene rings is 1. The molecule has 0 unspecified atom stereocenters. The van der Waals surface area contributed by atoms with Gasteiger partial charge >= 0.3 is 5.69 Å². The van der Waals surface area contributed by atoms with E-state index >= 15 is 0 Å². The fourth-order valence-corrected chi connectivity index (χ4v) is 1.50. The average molecular weight is 290 g/mol. The Morgan fingerprint density at radius 2 is 2.05 bits per heavy atom. The van der Waals surface area contributed by atoms with E-state index in [0.717, 1.165) is 0 Å². The zero-order valence-corrected chi connectivity index (χ0v) is 11.4. The molecule has 0 spiro atoms. The molecule has 1 aromatic rings. The molecule has 7 heteroatoms. The van der Waals surface area contributed by atoms with Gasteiger partial charge in [-0.2, -0.15) is 0 Å². The molecular weight excluding hydrogens is 274 g/mol. The Balaban J connectivity index is 2.36. The summed E-state index contributed by atoms with van der Waals surface area (Å²) < 4.78 is 15.4. The Hall–Kier alpha value is -1.37. The molecule has 19 heavy (non-hydrogen) atoms. The van der Waals surface area contributed by atoms with Crippen molar-refractivity contribution in [2.45, 2.75) is 6.42 Å². The van der Waals surface area contributed by atoms with Crippen LogP contribution < -0.4 is 4.74 Å². The Morgan fingerprint density at radius 3 is 2.74 bits per heavy atom. The van der Waals surface area contributed by atoms with Crippen LogP contribution >= 0.6 is 11.6 Å². The van der Waals surface area contributed by atoms with Crippen LogP contribution in [0.4, 0.5) is 5.69 Å². The van der Waals surface area contributed by atoms with Crippen LogP contribution in [0.5, 0.6) is 5.75 Å². The van der Waals surface area contributed by atoms with Crippen molar-refractivity contribution < 1.29 is 19.1 Å². The number of hydrogen-bond acceptors (Lipinski definition) is 5. The van der Waals surface area contributed by atoms with Gasteiger partial charge in [-0.05, 0) is 6.07 Å². The monoisotopic (exact) mass is 289 g/mol. The topological polar surface area (TPSA) is 70.8 Å². The fourth-order valence-electron chi connectivity index (χ4n) is 1.34. The molecule has 0 fully saturated rings. The van der Waals surface area contributed by atoms with Crippen molar-refractivity contribution in [1.29, 1.82) is 0 Å². The molecule has 1 aromatic carbocycles. The van der Waals surface area contributed by atoms with Crippen molar-refractivity contribution in [3.63, 3.8) is 0 Å². The molecule has 0 aliphatic rings. The molecule has 0 N–H and O–H groups in total. The van der Waals surface area contributed by atoms with Gasteiger partial charge in [0.15, 0.2) is 5.75 Å². The van der Waals surface area contributed by atoms with Crippen LogP contribution in [0.15, 0.2) is 18.2 Å². The molecule has 0 heterocycles. The predicted octanol–water partition coefficient (Wildman–Crippen LogP) is 2.68. The molecule has 0 saturated carbocycles. The Kier molecular flexibility index (Phi) is 7.17. The number of hydrogen-bond donors (Lipinski definition) is 0. The second-order valence-electron chi connectivity index (χ2n) is 3.68. The van der Waals surface area contributed by atoms with Crippen molar-refractivity contribution in [2.24, 2.45) is 0 Å². The summed E-state index contributed by atoms with van der Waals surface area (Å²) in [6.07, 6.45) is 0.632. The number of halogens is 1. The van der Waals surface area contributed by atoms with Crippen LogP contribution in [0.25, 0.3) is 0 Å². The van der Waals surface area contributed by atoms with Gasteiger partial charge in [0.25, 0.3) is 0 Å². The lowest BCUT2D eigenvalue weighted by atomic mass is 10.3. The highest BCUT2D eigenvalue weighted by atomic mass is 35.5. The lowest BCUT2D eigenvalue weighted by Crippen LogP contribution is -2.07. The quantitative estimate of drug-likeness (QED) is 0.397. The van der Waals surface area contributed by atoms with E-state index in [1.165, 1.54) is 18.2 Å². The molecule has 6 nitrogen and oxygen atoms in total. The molecule has 0 aromatic heterocycles. The minimum atomic E-state index is -0.499. The van der Waals surface area contributed by atoms with Gasteiger partial charge in [0.1, 0.15) is 0 Å². The molecule has 0 amide bonds. The van der Waals surface area contributed by atoms with Crippen molar-refractivity contribution in [3.05, 3.63) is 33.3 Å². The standard InChI is InChI=1S/C12H16ClNO5/c1-17-7-8-18-5-2-6-19-12-9-10(13)3-4-11(12)14(15)16/h3-4,9H,2,5-8H2,1H3. The second kappa shape index (κ2) is 8.68. The highest BCUT2D eigenvalue weighted by Gasteiger charge is 2.14. The van der Waals surface area contributed by atoms with Gasteiger partial charge in [-0.1, -0.05) is 11.6 Å². The van der Waals surface area contributed by atoms with Crippen molar-refractivity contribution in [1.82, 2.24) is 0 Å². The number of nitro groups is 1. The first kappa shape index (κ1) is 15.7. The summed E-state index contributed by atoms with van der Waals surface area (Å²) in [5, 5.41) is 11.2. The van der Waals surface area contributed by atoms with Gasteiger partial charge in [-0.3, -0.25) is 10.1 Å². The summed E-state index contributed by atoms with van der Waals surface area (Å²) >= 11 is 5.78. The summed E-state index contributed by atoms with van der Waals surface area (Å²) in [5.74, 6) is 0.175. The Labute approximate surface area is 116 Å². The SMILES string of the molecule is COCCOCCCOc1cc(Cl)ccc1[N+](=O)[O-]. The van der Waals surface area contributed by atoms with Crippen LogP contribution in [0.3, 0.4) is 0 Å². The highest BCUT2D eigenvalue weighted by molar-refractivity contribution is 6.30. The third-order valence-electron chi connectivity index (χ3n) is 2.24. The predicted molar refractivity (Wildman–Crippen MR) is 70.9 cm³/mol. The largest absolute Gasteiger partial charge is 0.487 e. The van der Waals surface area contributed by atoms with Gasteiger partial charge in [-0.25, -0.2) is 0 Å². The molecular formula is C12H16ClNO5. The second-order valence-corrected chi connectivity index (χ2v) is 4.11. The number of methoxy groups -OCH3 is 1. The van der Waals surface area contributed by atoms with Crippen molar-refractivity contribution >= 4 is 17.3 Å². The smallest absolute Gasteiger partial charge is 0.311 e. The zero-order chi connectivity index (χ0) is 14.1. The lowest BCUT2D eigenvalue weighted by molar-refractivity contribution is -0.385. The molecule has 106 valence electrons. The first-order valence-electron chi connectivity index (χ1n) is 5.78. The van der Waals surface area contributed by atoms with Crippen LogP contribution in [0.1, 0.15) is 6.42 Å². The van der Waals surface area contributed by atoms with E-state index in [-0.39, 0.29) is 11.4 Å². The lowest BCUT2D eigenvalue weighted by Gasteiger charge is -2.07. The maximum absolute atomic E-state index is 10.8. The number of ether oxygens (including phenoxy) is 3. The van der Waals surface area contributed by atoms with E-state index in [4.69, 9.17) is 25.8 Å². The minimum Gasteiger partial charge on any atom is -0.487 e. The molecule has 0 radical (unpaired) electrons. The Morgan fingerprint density at radius 1 is 1.26 bits per heavy atom. The maximum atomic E-state index is 10.8.